The van der Waals surface area contributed by atoms with Crippen molar-refractivity contribution in [1.29, 1.82) is 0 Å². The summed E-state index contributed by atoms with van der Waals surface area (Å²) in [6.45, 7) is 2.09. The van der Waals surface area contributed by atoms with Crippen molar-refractivity contribution in [3.05, 3.63) is 41.4 Å². The van der Waals surface area contributed by atoms with Crippen molar-refractivity contribution in [2.45, 2.75) is 6.92 Å². The second kappa shape index (κ2) is 3.07. The zero-order valence-electron chi connectivity index (χ0n) is 6.74. The van der Waals surface area contributed by atoms with E-state index in [4.69, 9.17) is 0 Å². The minimum atomic E-state index is 1.05. The van der Waals surface area contributed by atoms with Crippen LogP contribution in [-0.4, -0.2) is 4.98 Å². The van der Waals surface area contributed by atoms with Gasteiger partial charge in [-0.05, 0) is 12.5 Å². The van der Waals surface area contributed by atoms with E-state index >= 15 is 0 Å². The van der Waals surface area contributed by atoms with Gasteiger partial charge in [0.1, 0.15) is 5.01 Å². The van der Waals surface area contributed by atoms with Crippen LogP contribution in [-0.2, 0) is 0 Å². The van der Waals surface area contributed by atoms with Gasteiger partial charge in [-0.3, -0.25) is 0 Å². The molecule has 1 heterocycles. The van der Waals surface area contributed by atoms with Crippen molar-refractivity contribution in [1.82, 2.24) is 4.98 Å². The van der Waals surface area contributed by atoms with Crippen LogP contribution in [0.3, 0.4) is 0 Å². The van der Waals surface area contributed by atoms with Crippen LogP contribution in [0, 0.1) is 12.3 Å². The fourth-order valence-electron chi connectivity index (χ4n) is 1.13. The number of thiazole rings is 1. The Morgan fingerprint density at radius 1 is 1.33 bits per heavy atom. The Morgan fingerprint density at radius 3 is 2.83 bits per heavy atom. The average molecular weight is 174 g/mol. The van der Waals surface area contributed by atoms with Crippen molar-refractivity contribution in [2.24, 2.45) is 0 Å². The van der Waals surface area contributed by atoms with Gasteiger partial charge >= 0.3 is 0 Å². The van der Waals surface area contributed by atoms with Gasteiger partial charge in [0.2, 0.25) is 0 Å². The van der Waals surface area contributed by atoms with E-state index in [0.717, 1.165) is 5.01 Å². The van der Waals surface area contributed by atoms with Crippen molar-refractivity contribution in [2.75, 3.05) is 0 Å². The third kappa shape index (κ3) is 1.25. The summed E-state index contributed by atoms with van der Waals surface area (Å²) in [6.07, 6.45) is 1.71. The topological polar surface area (TPSA) is 12.9 Å². The highest BCUT2D eigenvalue weighted by Gasteiger charge is 2.01. The highest BCUT2D eigenvalue weighted by atomic mass is 32.1. The Kier molecular flexibility index (Phi) is 1.92. The molecule has 0 aliphatic heterocycles. The van der Waals surface area contributed by atoms with E-state index in [0.29, 0.717) is 0 Å². The maximum Gasteiger partial charge on any atom is 0.124 e. The van der Waals surface area contributed by atoms with Gasteiger partial charge in [0.25, 0.3) is 0 Å². The number of aromatic nitrogens is 1. The van der Waals surface area contributed by atoms with Crippen LogP contribution in [0.4, 0.5) is 0 Å². The molecule has 12 heavy (non-hydrogen) atoms. The average Bonchev–Trinajstić information content (AvgIpc) is 2.57. The first-order chi connectivity index (χ1) is 5.88. The van der Waals surface area contributed by atoms with Crippen LogP contribution in [0.25, 0.3) is 10.6 Å². The van der Waals surface area contributed by atoms with Crippen LogP contribution in [0.2, 0.25) is 0 Å². The third-order valence-electron chi connectivity index (χ3n) is 1.77. The summed E-state index contributed by atoms with van der Waals surface area (Å²) in [4.78, 5) is 4.21. The minimum absolute atomic E-state index is 1.05. The van der Waals surface area contributed by atoms with Gasteiger partial charge in [0.15, 0.2) is 0 Å². The third-order valence-corrected chi connectivity index (χ3v) is 2.51. The molecule has 0 spiro atoms. The molecule has 0 aliphatic carbocycles. The van der Waals surface area contributed by atoms with E-state index in [1.54, 1.807) is 17.5 Å². The number of nitrogens with zero attached hydrogens (tertiary/aromatic N) is 1. The van der Waals surface area contributed by atoms with Gasteiger partial charge in [0.05, 0.1) is 5.38 Å². The first kappa shape index (κ1) is 7.50. The summed E-state index contributed by atoms with van der Waals surface area (Å²) < 4.78 is 0. The number of aryl methyl sites for hydroxylation is 1. The summed E-state index contributed by atoms with van der Waals surface area (Å²) in [7, 11) is 0. The SMILES string of the molecule is Cc1ccccc1-c1nc[c]s1. The van der Waals surface area contributed by atoms with E-state index in [9.17, 15) is 0 Å². The van der Waals surface area contributed by atoms with Crippen LogP contribution >= 0.6 is 11.3 Å². The van der Waals surface area contributed by atoms with Gasteiger partial charge < -0.3 is 0 Å². The molecule has 0 bridgehead atoms. The Balaban J connectivity index is 2.55. The highest BCUT2D eigenvalue weighted by molar-refractivity contribution is 7.12. The smallest absolute Gasteiger partial charge is 0.124 e. The van der Waals surface area contributed by atoms with E-state index < -0.39 is 0 Å². The molecule has 0 saturated carbocycles. The number of benzene rings is 1. The minimum Gasteiger partial charge on any atom is -0.244 e. The van der Waals surface area contributed by atoms with E-state index in [2.05, 4.69) is 29.4 Å². The quantitative estimate of drug-likeness (QED) is 0.647. The fourth-order valence-corrected chi connectivity index (χ4v) is 1.79. The molecular weight excluding hydrogens is 166 g/mol. The molecule has 2 rings (SSSR count). The molecule has 2 heteroatoms. The van der Waals surface area contributed by atoms with Crippen LogP contribution in [0.1, 0.15) is 5.56 Å². The fraction of sp³-hybridized carbons (Fsp3) is 0.100. The van der Waals surface area contributed by atoms with Crippen molar-refractivity contribution >= 4 is 11.3 Å². The van der Waals surface area contributed by atoms with E-state index in [1.807, 2.05) is 12.1 Å². The molecule has 0 N–H and O–H groups in total. The highest BCUT2D eigenvalue weighted by Crippen LogP contribution is 2.23. The second-order valence-corrected chi connectivity index (χ2v) is 3.42. The van der Waals surface area contributed by atoms with E-state index in [-0.39, 0.29) is 0 Å². The summed E-state index contributed by atoms with van der Waals surface area (Å²) in [5.74, 6) is 0. The normalized spacial score (nSPS) is 10.1. The van der Waals surface area contributed by atoms with Gasteiger partial charge in [-0.1, -0.05) is 24.3 Å². The van der Waals surface area contributed by atoms with Crippen molar-refractivity contribution in [3.63, 3.8) is 0 Å². The monoisotopic (exact) mass is 174 g/mol. The lowest BCUT2D eigenvalue weighted by Crippen LogP contribution is -1.79. The maximum absolute atomic E-state index is 4.21. The number of hydrogen-bond acceptors (Lipinski definition) is 2. The molecule has 1 aromatic heterocycles. The lowest BCUT2D eigenvalue weighted by Gasteiger charge is -1.99. The van der Waals surface area contributed by atoms with Crippen LogP contribution in [0.15, 0.2) is 30.5 Å². The zero-order valence-corrected chi connectivity index (χ0v) is 7.56. The lowest BCUT2D eigenvalue weighted by atomic mass is 10.1. The van der Waals surface area contributed by atoms with Gasteiger partial charge in [-0.15, -0.1) is 11.3 Å². The molecule has 0 atom stereocenters. The molecule has 0 amide bonds. The molecular formula is C10H8NS. The predicted octanol–water partition coefficient (Wildman–Crippen LogP) is 2.92. The van der Waals surface area contributed by atoms with Crippen molar-refractivity contribution < 1.29 is 0 Å². The van der Waals surface area contributed by atoms with Crippen molar-refractivity contribution in [3.8, 4) is 10.6 Å². The van der Waals surface area contributed by atoms with Gasteiger partial charge in [-0.25, -0.2) is 4.98 Å². The predicted molar refractivity (Wildman–Crippen MR) is 51.1 cm³/mol. The van der Waals surface area contributed by atoms with Crippen LogP contribution in [0.5, 0.6) is 0 Å². The molecule has 0 saturated heterocycles. The van der Waals surface area contributed by atoms with Gasteiger partial charge in [-0.2, -0.15) is 0 Å². The Morgan fingerprint density at radius 2 is 2.17 bits per heavy atom. The molecule has 0 aliphatic rings. The summed E-state index contributed by atoms with van der Waals surface area (Å²) >= 11 is 1.55. The lowest BCUT2D eigenvalue weighted by molar-refractivity contribution is 1.38. The number of rotatable bonds is 1. The summed E-state index contributed by atoms with van der Waals surface area (Å²) in [5.41, 5.74) is 2.48. The molecule has 1 nitrogen and oxygen atoms in total. The maximum atomic E-state index is 4.21. The summed E-state index contributed by atoms with van der Waals surface area (Å²) in [6, 6.07) is 8.25. The molecule has 1 aromatic carbocycles. The number of hydrogen-bond donors (Lipinski definition) is 0. The molecule has 0 unspecified atom stereocenters. The van der Waals surface area contributed by atoms with E-state index in [1.165, 1.54) is 11.1 Å². The molecule has 59 valence electrons. The first-order valence-electron chi connectivity index (χ1n) is 3.76. The Labute approximate surface area is 75.7 Å². The first-order valence-corrected chi connectivity index (χ1v) is 4.57. The standard InChI is InChI=1S/C10H8NS/c1-8-4-2-3-5-9(8)10-11-6-7-12-10/h2-6H,1H3. The zero-order chi connectivity index (χ0) is 8.39. The second-order valence-electron chi connectivity index (χ2n) is 2.60. The molecule has 2 aromatic rings. The summed E-state index contributed by atoms with van der Waals surface area (Å²) in [5, 5.41) is 4.04. The van der Waals surface area contributed by atoms with Gasteiger partial charge in [0, 0.05) is 11.8 Å². The Bertz CT molecular complexity index is 365. The Hall–Kier alpha value is -1.15. The molecule has 0 fully saturated rings. The van der Waals surface area contributed by atoms with Crippen LogP contribution < -0.4 is 0 Å². The largest absolute Gasteiger partial charge is 0.244 e. The molecule has 1 radical (unpaired) electrons.